The fraction of sp³-hybridized carbons (Fsp3) is 0.263. The summed E-state index contributed by atoms with van der Waals surface area (Å²) in [6.45, 7) is 4.53. The predicted molar refractivity (Wildman–Crippen MR) is 95.9 cm³/mol. The van der Waals surface area contributed by atoms with Crippen molar-refractivity contribution in [1.29, 1.82) is 0 Å². The third kappa shape index (κ3) is 3.91. The van der Waals surface area contributed by atoms with Gasteiger partial charge in [0.15, 0.2) is 5.58 Å². The predicted octanol–water partition coefficient (Wildman–Crippen LogP) is 3.27. The van der Waals surface area contributed by atoms with Gasteiger partial charge in [0.1, 0.15) is 12.3 Å². The summed E-state index contributed by atoms with van der Waals surface area (Å²) in [7, 11) is 0. The Morgan fingerprint density at radius 1 is 1.16 bits per heavy atom. The number of fused-ring (bicyclic) bond motifs is 1. The van der Waals surface area contributed by atoms with Crippen LogP contribution < -0.4 is 15.8 Å². The van der Waals surface area contributed by atoms with Crippen LogP contribution in [0.4, 0.5) is 5.69 Å². The zero-order valence-electron chi connectivity index (χ0n) is 14.2. The number of hydrogen-bond acceptors (Lipinski definition) is 4. The summed E-state index contributed by atoms with van der Waals surface area (Å²) in [5, 5.41) is 2.80. The topological polar surface area (TPSA) is 73.5 Å². The van der Waals surface area contributed by atoms with Crippen molar-refractivity contribution >= 4 is 22.7 Å². The van der Waals surface area contributed by atoms with Gasteiger partial charge in [-0.1, -0.05) is 38.1 Å². The number of para-hydroxylation sites is 4. The minimum atomic E-state index is -0.555. The molecule has 0 saturated carbocycles. The van der Waals surface area contributed by atoms with Gasteiger partial charge in [-0.25, -0.2) is 4.79 Å². The molecule has 0 atom stereocenters. The number of ether oxygens (including phenoxy) is 1. The molecule has 0 radical (unpaired) electrons. The highest BCUT2D eigenvalue weighted by molar-refractivity contribution is 5.92. The number of hydrogen-bond donors (Lipinski definition) is 1. The molecule has 3 rings (SSSR count). The summed E-state index contributed by atoms with van der Waals surface area (Å²) in [5.41, 5.74) is 1.63. The third-order valence-corrected chi connectivity index (χ3v) is 3.61. The van der Waals surface area contributed by atoms with Gasteiger partial charge in [-0.15, -0.1) is 0 Å². The molecule has 2 aromatic carbocycles. The lowest BCUT2D eigenvalue weighted by Gasteiger charge is -2.13. The number of oxazole rings is 1. The minimum Gasteiger partial charge on any atom is -0.491 e. The lowest BCUT2D eigenvalue weighted by Crippen LogP contribution is -2.25. The van der Waals surface area contributed by atoms with Crippen LogP contribution in [0.25, 0.3) is 11.1 Å². The summed E-state index contributed by atoms with van der Waals surface area (Å²) in [4.78, 5) is 24.4. The molecule has 1 heterocycles. The van der Waals surface area contributed by atoms with Crippen LogP contribution in [0.5, 0.6) is 5.75 Å². The van der Waals surface area contributed by atoms with Gasteiger partial charge < -0.3 is 14.5 Å². The van der Waals surface area contributed by atoms with E-state index in [0.717, 1.165) is 0 Å². The largest absolute Gasteiger partial charge is 0.491 e. The van der Waals surface area contributed by atoms with Crippen molar-refractivity contribution in [2.45, 2.75) is 20.4 Å². The van der Waals surface area contributed by atoms with Crippen LogP contribution in [-0.4, -0.2) is 17.1 Å². The summed E-state index contributed by atoms with van der Waals surface area (Å²) < 4.78 is 12.2. The average molecular weight is 340 g/mol. The normalized spacial score (nSPS) is 11.0. The summed E-state index contributed by atoms with van der Waals surface area (Å²) in [6, 6.07) is 14.2. The Balaban J connectivity index is 1.77. The molecule has 6 nitrogen and oxygen atoms in total. The quantitative estimate of drug-likeness (QED) is 0.747. The number of anilines is 1. The number of nitrogens with one attached hydrogen (secondary N) is 1. The highest BCUT2D eigenvalue weighted by Crippen LogP contribution is 2.24. The molecule has 0 unspecified atom stereocenters. The van der Waals surface area contributed by atoms with Crippen molar-refractivity contribution < 1.29 is 13.9 Å². The molecule has 0 aliphatic rings. The summed E-state index contributed by atoms with van der Waals surface area (Å²) in [6.07, 6.45) is 0. The Morgan fingerprint density at radius 3 is 2.68 bits per heavy atom. The van der Waals surface area contributed by atoms with Gasteiger partial charge >= 0.3 is 5.76 Å². The van der Waals surface area contributed by atoms with Crippen molar-refractivity contribution in [2.75, 3.05) is 11.9 Å². The van der Waals surface area contributed by atoms with Gasteiger partial charge in [0, 0.05) is 0 Å². The summed E-state index contributed by atoms with van der Waals surface area (Å²) >= 11 is 0. The van der Waals surface area contributed by atoms with Crippen LogP contribution in [0, 0.1) is 5.92 Å². The molecule has 0 aliphatic carbocycles. The summed E-state index contributed by atoms with van der Waals surface area (Å²) in [5.74, 6) is 0.100. The number of carbonyl (C=O) groups is 1. The molecule has 0 spiro atoms. The molecule has 0 aliphatic heterocycles. The monoisotopic (exact) mass is 340 g/mol. The Kier molecular flexibility index (Phi) is 4.88. The third-order valence-electron chi connectivity index (χ3n) is 3.61. The first-order valence-electron chi connectivity index (χ1n) is 8.14. The van der Waals surface area contributed by atoms with Crippen LogP contribution in [0.15, 0.2) is 57.7 Å². The second-order valence-corrected chi connectivity index (χ2v) is 6.17. The Morgan fingerprint density at radius 2 is 1.88 bits per heavy atom. The molecule has 25 heavy (non-hydrogen) atoms. The molecule has 6 heteroatoms. The van der Waals surface area contributed by atoms with Gasteiger partial charge in [0.2, 0.25) is 5.91 Å². The van der Waals surface area contributed by atoms with Crippen molar-refractivity contribution in [1.82, 2.24) is 4.57 Å². The van der Waals surface area contributed by atoms with Crippen LogP contribution in [0.2, 0.25) is 0 Å². The SMILES string of the molecule is CC(C)COc1ccccc1NC(=O)Cn1c(=O)oc2ccccc21. The lowest BCUT2D eigenvalue weighted by molar-refractivity contribution is -0.116. The van der Waals surface area contributed by atoms with Gasteiger partial charge in [-0.3, -0.25) is 9.36 Å². The number of rotatable bonds is 6. The van der Waals surface area contributed by atoms with Gasteiger partial charge in [-0.2, -0.15) is 0 Å². The fourth-order valence-corrected chi connectivity index (χ4v) is 2.45. The fourth-order valence-electron chi connectivity index (χ4n) is 2.45. The minimum absolute atomic E-state index is 0.131. The number of amides is 1. The first-order valence-corrected chi connectivity index (χ1v) is 8.14. The number of nitrogens with zero attached hydrogens (tertiary/aromatic N) is 1. The van der Waals surface area contributed by atoms with Crippen LogP contribution >= 0.6 is 0 Å². The molecular formula is C19H20N2O4. The smallest absolute Gasteiger partial charge is 0.420 e. The zero-order valence-corrected chi connectivity index (χ0v) is 14.2. The van der Waals surface area contributed by atoms with E-state index >= 15 is 0 Å². The van der Waals surface area contributed by atoms with E-state index in [-0.39, 0.29) is 12.5 Å². The highest BCUT2D eigenvalue weighted by Gasteiger charge is 2.14. The Labute approximate surface area is 145 Å². The number of benzene rings is 2. The van der Waals surface area contributed by atoms with E-state index in [9.17, 15) is 9.59 Å². The molecular weight excluding hydrogens is 320 g/mol. The van der Waals surface area contributed by atoms with Crippen LogP contribution in [0.1, 0.15) is 13.8 Å². The van der Waals surface area contributed by atoms with E-state index in [1.165, 1.54) is 4.57 Å². The second kappa shape index (κ2) is 7.25. The van der Waals surface area contributed by atoms with Crippen molar-refractivity contribution in [3.8, 4) is 5.75 Å². The van der Waals surface area contributed by atoms with Crippen LogP contribution in [-0.2, 0) is 11.3 Å². The van der Waals surface area contributed by atoms with E-state index in [2.05, 4.69) is 19.2 Å². The van der Waals surface area contributed by atoms with E-state index in [0.29, 0.717) is 35.1 Å². The van der Waals surface area contributed by atoms with Crippen molar-refractivity contribution in [3.63, 3.8) is 0 Å². The molecule has 1 N–H and O–H groups in total. The van der Waals surface area contributed by atoms with Crippen molar-refractivity contribution in [2.24, 2.45) is 5.92 Å². The van der Waals surface area contributed by atoms with Gasteiger partial charge in [0.05, 0.1) is 17.8 Å². The van der Waals surface area contributed by atoms with E-state index in [1.807, 2.05) is 12.1 Å². The molecule has 3 aromatic rings. The standard InChI is InChI=1S/C19H20N2O4/c1-13(2)12-24-16-9-5-3-7-14(16)20-18(22)11-21-15-8-4-6-10-17(15)25-19(21)23/h3-10,13H,11-12H2,1-2H3,(H,20,22). The average Bonchev–Trinajstić information content (AvgIpc) is 2.90. The Bertz CT molecular complexity index is 940. The zero-order chi connectivity index (χ0) is 17.8. The van der Waals surface area contributed by atoms with E-state index < -0.39 is 5.76 Å². The maximum atomic E-state index is 12.4. The van der Waals surface area contributed by atoms with E-state index in [1.54, 1.807) is 36.4 Å². The van der Waals surface area contributed by atoms with Crippen LogP contribution in [0.3, 0.4) is 0 Å². The first-order chi connectivity index (χ1) is 12.0. The second-order valence-electron chi connectivity index (χ2n) is 6.17. The maximum Gasteiger partial charge on any atom is 0.420 e. The molecule has 1 amide bonds. The van der Waals surface area contributed by atoms with Gasteiger partial charge in [0.25, 0.3) is 0 Å². The number of aromatic nitrogens is 1. The van der Waals surface area contributed by atoms with E-state index in [4.69, 9.17) is 9.15 Å². The maximum absolute atomic E-state index is 12.4. The van der Waals surface area contributed by atoms with Crippen molar-refractivity contribution in [3.05, 3.63) is 59.1 Å². The first kappa shape index (κ1) is 16.8. The molecule has 0 fully saturated rings. The molecule has 1 aromatic heterocycles. The number of carbonyl (C=O) groups excluding carboxylic acids is 1. The van der Waals surface area contributed by atoms with Gasteiger partial charge in [-0.05, 0) is 30.2 Å². The Hall–Kier alpha value is -3.02. The lowest BCUT2D eigenvalue weighted by atomic mass is 10.2. The molecule has 0 saturated heterocycles. The highest BCUT2D eigenvalue weighted by atomic mass is 16.5. The molecule has 0 bridgehead atoms. The molecule has 130 valence electrons.